The van der Waals surface area contributed by atoms with Gasteiger partial charge >= 0.3 is 6.18 Å². The van der Waals surface area contributed by atoms with Gasteiger partial charge in [0.15, 0.2) is 0 Å². The van der Waals surface area contributed by atoms with E-state index in [1.54, 1.807) is 0 Å². The summed E-state index contributed by atoms with van der Waals surface area (Å²) in [5.74, 6) is -0.0413. The average molecular weight is 235 g/mol. The molecule has 0 aliphatic carbocycles. The second-order valence-electron chi connectivity index (χ2n) is 3.03. The quantitative estimate of drug-likeness (QED) is 0.644. The highest BCUT2D eigenvalue weighted by Gasteiger charge is 2.27. The molecule has 0 saturated carbocycles. The first-order valence-corrected chi connectivity index (χ1v) is 4.22. The molecule has 0 unspecified atom stereocenters. The third-order valence-electron chi connectivity index (χ3n) is 1.72. The number of anilines is 1. The molecule has 0 radical (unpaired) electrons. The van der Waals surface area contributed by atoms with Gasteiger partial charge in [-0.25, -0.2) is 4.98 Å². The minimum Gasteiger partial charge on any atom is -0.361 e. The molecule has 0 aromatic carbocycles. The summed E-state index contributed by atoms with van der Waals surface area (Å²) < 4.78 is 35.6. The number of aromatic nitrogens is 1. The van der Waals surface area contributed by atoms with Crippen LogP contribution in [-0.4, -0.2) is 22.6 Å². The fourth-order valence-corrected chi connectivity index (χ4v) is 1.04. The highest BCUT2D eigenvalue weighted by Crippen LogP contribution is 2.19. The van der Waals surface area contributed by atoms with Gasteiger partial charge in [0.05, 0.1) is 4.92 Å². The van der Waals surface area contributed by atoms with E-state index in [1.807, 2.05) is 5.32 Å². The SMILES string of the molecule is Cc1nc(NCC(F)(F)F)ccc1[N+](=O)[O-]. The summed E-state index contributed by atoms with van der Waals surface area (Å²) >= 11 is 0. The zero-order valence-corrected chi connectivity index (χ0v) is 8.21. The minimum atomic E-state index is -4.35. The second-order valence-corrected chi connectivity index (χ2v) is 3.03. The van der Waals surface area contributed by atoms with E-state index < -0.39 is 17.6 Å². The molecular weight excluding hydrogens is 227 g/mol. The van der Waals surface area contributed by atoms with E-state index in [-0.39, 0.29) is 17.2 Å². The monoisotopic (exact) mass is 235 g/mol. The van der Waals surface area contributed by atoms with Gasteiger partial charge in [-0.05, 0) is 13.0 Å². The van der Waals surface area contributed by atoms with Crippen LogP contribution in [0.4, 0.5) is 24.7 Å². The van der Waals surface area contributed by atoms with Crippen LogP contribution in [-0.2, 0) is 0 Å². The van der Waals surface area contributed by atoms with Gasteiger partial charge in [-0.3, -0.25) is 10.1 Å². The first kappa shape index (κ1) is 12.2. The molecule has 1 aromatic heterocycles. The molecule has 0 saturated heterocycles. The van der Waals surface area contributed by atoms with Crippen molar-refractivity contribution >= 4 is 11.5 Å². The zero-order valence-electron chi connectivity index (χ0n) is 8.21. The van der Waals surface area contributed by atoms with Crippen molar-refractivity contribution in [2.75, 3.05) is 11.9 Å². The number of hydrogen-bond donors (Lipinski definition) is 1. The highest BCUT2D eigenvalue weighted by molar-refractivity contribution is 5.44. The third-order valence-corrected chi connectivity index (χ3v) is 1.72. The van der Waals surface area contributed by atoms with Crippen molar-refractivity contribution < 1.29 is 18.1 Å². The van der Waals surface area contributed by atoms with Gasteiger partial charge in [0.25, 0.3) is 5.69 Å². The standard InChI is InChI=1S/C8H8F3N3O2/c1-5-6(14(15)16)2-3-7(13-5)12-4-8(9,10)11/h2-3H,4H2,1H3,(H,12,13). The normalized spacial score (nSPS) is 11.2. The maximum Gasteiger partial charge on any atom is 0.405 e. The number of rotatable bonds is 3. The molecule has 0 amide bonds. The predicted molar refractivity (Wildman–Crippen MR) is 50.2 cm³/mol. The Balaban J connectivity index is 2.78. The van der Waals surface area contributed by atoms with Crippen LogP contribution in [0.25, 0.3) is 0 Å². The van der Waals surface area contributed by atoms with E-state index in [2.05, 4.69) is 4.98 Å². The average Bonchev–Trinajstić information content (AvgIpc) is 2.13. The van der Waals surface area contributed by atoms with Gasteiger partial charge in [-0.1, -0.05) is 0 Å². The van der Waals surface area contributed by atoms with Gasteiger partial charge in [0.2, 0.25) is 0 Å². The molecule has 0 bridgehead atoms. The van der Waals surface area contributed by atoms with Crippen LogP contribution in [0.15, 0.2) is 12.1 Å². The van der Waals surface area contributed by atoms with Crippen molar-refractivity contribution in [3.63, 3.8) is 0 Å². The summed E-state index contributed by atoms with van der Waals surface area (Å²) in [7, 11) is 0. The first-order chi connectivity index (χ1) is 7.29. The van der Waals surface area contributed by atoms with Crippen molar-refractivity contribution in [3.05, 3.63) is 27.9 Å². The van der Waals surface area contributed by atoms with E-state index in [9.17, 15) is 23.3 Å². The molecule has 16 heavy (non-hydrogen) atoms. The van der Waals surface area contributed by atoms with Gasteiger partial charge in [0, 0.05) is 6.07 Å². The fourth-order valence-electron chi connectivity index (χ4n) is 1.04. The first-order valence-electron chi connectivity index (χ1n) is 4.22. The number of hydrogen-bond acceptors (Lipinski definition) is 4. The van der Waals surface area contributed by atoms with Crippen LogP contribution in [0.5, 0.6) is 0 Å². The van der Waals surface area contributed by atoms with Crippen LogP contribution in [0, 0.1) is 17.0 Å². The molecule has 0 atom stereocenters. The van der Waals surface area contributed by atoms with Crippen molar-refractivity contribution in [2.45, 2.75) is 13.1 Å². The Bertz CT molecular complexity index is 406. The number of aryl methyl sites for hydroxylation is 1. The number of nitro groups is 1. The lowest BCUT2D eigenvalue weighted by atomic mass is 10.3. The summed E-state index contributed by atoms with van der Waals surface area (Å²) in [5, 5.41) is 12.4. The van der Waals surface area contributed by atoms with Crippen molar-refractivity contribution in [1.82, 2.24) is 4.98 Å². The molecule has 1 rings (SSSR count). The number of alkyl halides is 3. The molecule has 1 N–H and O–H groups in total. The van der Waals surface area contributed by atoms with E-state index in [4.69, 9.17) is 0 Å². The Hall–Kier alpha value is -1.86. The summed E-state index contributed by atoms with van der Waals surface area (Å²) in [6.45, 7) is 0.133. The topological polar surface area (TPSA) is 68.1 Å². The van der Waals surface area contributed by atoms with E-state index >= 15 is 0 Å². The Morgan fingerprint density at radius 1 is 1.50 bits per heavy atom. The molecule has 0 aliphatic heterocycles. The lowest BCUT2D eigenvalue weighted by Crippen LogP contribution is -2.21. The second kappa shape index (κ2) is 4.33. The largest absolute Gasteiger partial charge is 0.405 e. The Morgan fingerprint density at radius 3 is 2.56 bits per heavy atom. The number of nitrogens with one attached hydrogen (secondary N) is 1. The number of pyridine rings is 1. The molecule has 5 nitrogen and oxygen atoms in total. The van der Waals surface area contributed by atoms with E-state index in [0.717, 1.165) is 12.1 Å². The van der Waals surface area contributed by atoms with Gasteiger partial charge < -0.3 is 5.32 Å². The third kappa shape index (κ3) is 3.37. The predicted octanol–water partition coefficient (Wildman–Crippen LogP) is 2.27. The highest BCUT2D eigenvalue weighted by atomic mass is 19.4. The van der Waals surface area contributed by atoms with Crippen molar-refractivity contribution in [2.24, 2.45) is 0 Å². The van der Waals surface area contributed by atoms with E-state index in [0.29, 0.717) is 0 Å². The molecule has 0 spiro atoms. The smallest absolute Gasteiger partial charge is 0.361 e. The molecule has 0 fully saturated rings. The lowest BCUT2D eigenvalue weighted by Gasteiger charge is -2.08. The van der Waals surface area contributed by atoms with Gasteiger partial charge in [-0.2, -0.15) is 13.2 Å². The number of nitrogens with zero attached hydrogens (tertiary/aromatic N) is 2. The summed E-state index contributed by atoms with van der Waals surface area (Å²) in [4.78, 5) is 13.4. The molecular formula is C8H8F3N3O2. The zero-order chi connectivity index (χ0) is 12.3. The van der Waals surface area contributed by atoms with Gasteiger partial charge in [-0.15, -0.1) is 0 Å². The van der Waals surface area contributed by atoms with Crippen molar-refractivity contribution in [1.29, 1.82) is 0 Å². The van der Waals surface area contributed by atoms with Crippen LogP contribution in [0.2, 0.25) is 0 Å². The molecule has 1 aromatic rings. The fraction of sp³-hybridized carbons (Fsp3) is 0.375. The Labute approximate surface area is 88.4 Å². The van der Waals surface area contributed by atoms with Crippen LogP contribution in [0.1, 0.15) is 5.69 Å². The molecule has 88 valence electrons. The summed E-state index contributed by atoms with van der Waals surface area (Å²) in [5.41, 5.74) is -0.158. The molecule has 1 heterocycles. The van der Waals surface area contributed by atoms with Crippen LogP contribution in [0.3, 0.4) is 0 Å². The summed E-state index contributed by atoms with van der Waals surface area (Å²) in [6, 6.07) is 2.25. The summed E-state index contributed by atoms with van der Waals surface area (Å²) in [6.07, 6.45) is -4.35. The lowest BCUT2D eigenvalue weighted by molar-refractivity contribution is -0.385. The molecule has 8 heteroatoms. The van der Waals surface area contributed by atoms with E-state index in [1.165, 1.54) is 6.92 Å². The maximum atomic E-state index is 11.9. The van der Waals surface area contributed by atoms with Crippen LogP contribution >= 0.6 is 0 Å². The molecule has 0 aliphatic rings. The van der Waals surface area contributed by atoms with Crippen LogP contribution < -0.4 is 5.32 Å². The van der Waals surface area contributed by atoms with Crippen molar-refractivity contribution in [3.8, 4) is 0 Å². The minimum absolute atomic E-state index is 0.0413. The Morgan fingerprint density at radius 2 is 2.12 bits per heavy atom. The van der Waals surface area contributed by atoms with Gasteiger partial charge in [0.1, 0.15) is 18.1 Å². The maximum absolute atomic E-state index is 11.9. The number of halogens is 3. The Kier molecular flexibility index (Phi) is 3.31.